The molecule has 132 valence electrons. The molecule has 25 heavy (non-hydrogen) atoms. The van der Waals surface area contributed by atoms with Gasteiger partial charge in [-0.1, -0.05) is 24.3 Å². The minimum absolute atomic E-state index is 0.0194. The van der Waals surface area contributed by atoms with Crippen molar-refractivity contribution in [3.05, 3.63) is 59.7 Å². The van der Waals surface area contributed by atoms with Gasteiger partial charge in [-0.15, -0.1) is 0 Å². The molecule has 2 heterocycles. The molecule has 3 rings (SSSR count). The highest BCUT2D eigenvalue weighted by atomic mass is 16.5. The molecule has 5 nitrogen and oxygen atoms in total. The molecule has 1 amide bonds. The van der Waals surface area contributed by atoms with E-state index in [0.29, 0.717) is 12.5 Å². The monoisotopic (exact) mass is 339 g/mol. The van der Waals surface area contributed by atoms with Gasteiger partial charge in [0.2, 0.25) is 5.91 Å². The molecule has 0 saturated carbocycles. The summed E-state index contributed by atoms with van der Waals surface area (Å²) in [5.41, 5.74) is 3.51. The van der Waals surface area contributed by atoms with E-state index in [-0.39, 0.29) is 12.0 Å². The summed E-state index contributed by atoms with van der Waals surface area (Å²) in [6, 6.07) is 8.49. The van der Waals surface area contributed by atoms with Crippen molar-refractivity contribution in [2.75, 3.05) is 20.2 Å². The molecule has 0 radical (unpaired) electrons. The molecule has 2 atom stereocenters. The Labute approximate surface area is 148 Å². The number of methoxy groups -OCH3 is 1. The first-order chi connectivity index (χ1) is 12.2. The van der Waals surface area contributed by atoms with Crippen molar-refractivity contribution in [2.24, 2.45) is 5.92 Å². The number of imidazole rings is 1. The average molecular weight is 339 g/mol. The van der Waals surface area contributed by atoms with E-state index in [1.165, 1.54) is 11.1 Å². The maximum absolute atomic E-state index is 12.4. The summed E-state index contributed by atoms with van der Waals surface area (Å²) in [5, 5.41) is 0. The zero-order valence-electron chi connectivity index (χ0n) is 14.8. The predicted molar refractivity (Wildman–Crippen MR) is 98.0 cm³/mol. The highest BCUT2D eigenvalue weighted by molar-refractivity contribution is 5.91. The van der Waals surface area contributed by atoms with Gasteiger partial charge >= 0.3 is 0 Å². The fourth-order valence-corrected chi connectivity index (χ4v) is 3.41. The Morgan fingerprint density at radius 2 is 2.28 bits per heavy atom. The topological polar surface area (TPSA) is 58.2 Å². The minimum Gasteiger partial charge on any atom is -0.379 e. The Hall–Kier alpha value is -2.40. The zero-order chi connectivity index (χ0) is 17.6. The molecule has 1 aliphatic rings. The summed E-state index contributed by atoms with van der Waals surface area (Å²) in [6.45, 7) is 3.55. The number of hydrogen-bond donors (Lipinski definition) is 1. The molecule has 1 saturated heterocycles. The number of piperidine rings is 1. The normalized spacial score (nSPS) is 21.0. The van der Waals surface area contributed by atoms with Gasteiger partial charge in [0, 0.05) is 26.3 Å². The number of hydrogen-bond acceptors (Lipinski definition) is 3. The largest absolute Gasteiger partial charge is 0.379 e. The number of aromatic amines is 1. The van der Waals surface area contributed by atoms with Crippen LogP contribution >= 0.6 is 0 Å². The van der Waals surface area contributed by atoms with Crippen LogP contribution in [0.15, 0.2) is 42.9 Å². The Morgan fingerprint density at radius 3 is 3.00 bits per heavy atom. The third-order valence-corrected chi connectivity index (χ3v) is 4.98. The van der Waals surface area contributed by atoms with E-state index in [1.54, 1.807) is 31.8 Å². The van der Waals surface area contributed by atoms with E-state index < -0.39 is 0 Å². The highest BCUT2D eigenvalue weighted by Gasteiger charge is 2.31. The van der Waals surface area contributed by atoms with Gasteiger partial charge in [0.05, 0.1) is 24.3 Å². The van der Waals surface area contributed by atoms with Crippen LogP contribution in [0.1, 0.15) is 23.2 Å². The van der Waals surface area contributed by atoms with Crippen LogP contribution in [0, 0.1) is 12.8 Å². The minimum atomic E-state index is 0.0194. The molecule has 0 unspecified atom stereocenters. The second kappa shape index (κ2) is 8.12. The number of likely N-dealkylation sites (tertiary alicyclic amines) is 1. The van der Waals surface area contributed by atoms with Crippen LogP contribution in [0.4, 0.5) is 0 Å². The fraction of sp³-hybridized carbons (Fsp3) is 0.400. The van der Waals surface area contributed by atoms with E-state index in [2.05, 4.69) is 41.2 Å². The quantitative estimate of drug-likeness (QED) is 0.852. The third-order valence-electron chi connectivity index (χ3n) is 4.98. The SMILES string of the molecule is CO[C@H]1CN(C(=O)/C=C/c2cnc[nH]2)CC[C@@H]1Cc1ccccc1C. The second-order valence-electron chi connectivity index (χ2n) is 6.58. The molecule has 1 aliphatic heterocycles. The van der Waals surface area contributed by atoms with Crippen molar-refractivity contribution in [1.29, 1.82) is 0 Å². The van der Waals surface area contributed by atoms with Gasteiger partial charge in [-0.25, -0.2) is 4.98 Å². The van der Waals surface area contributed by atoms with Crippen LogP contribution in [0.2, 0.25) is 0 Å². The molecule has 0 bridgehead atoms. The Morgan fingerprint density at radius 1 is 1.44 bits per heavy atom. The molecule has 1 aromatic carbocycles. The number of aryl methyl sites for hydroxylation is 1. The lowest BCUT2D eigenvalue weighted by molar-refractivity contribution is -0.131. The number of amides is 1. The number of benzene rings is 1. The van der Waals surface area contributed by atoms with E-state index in [9.17, 15) is 4.79 Å². The van der Waals surface area contributed by atoms with Gasteiger partial charge < -0.3 is 14.6 Å². The summed E-state index contributed by atoms with van der Waals surface area (Å²) in [4.78, 5) is 21.2. The number of carbonyl (C=O) groups excluding carboxylic acids is 1. The standard InChI is InChI=1S/C20H25N3O2/c1-15-5-3-4-6-16(15)11-17-9-10-23(13-19(17)25-2)20(24)8-7-18-12-21-14-22-18/h3-8,12,14,17,19H,9-11,13H2,1-2H3,(H,21,22)/b8-7+/t17-,19+/m1/s1. The molecule has 0 spiro atoms. The van der Waals surface area contributed by atoms with Gasteiger partial charge in [-0.05, 0) is 42.9 Å². The predicted octanol–water partition coefficient (Wildman–Crippen LogP) is 2.84. The molecule has 1 aromatic heterocycles. The number of nitrogens with zero attached hydrogens (tertiary/aromatic N) is 2. The van der Waals surface area contributed by atoms with Gasteiger partial charge in [0.25, 0.3) is 0 Å². The van der Waals surface area contributed by atoms with Crippen molar-refractivity contribution in [2.45, 2.75) is 25.9 Å². The highest BCUT2D eigenvalue weighted by Crippen LogP contribution is 2.25. The molecule has 5 heteroatoms. The molecule has 0 aliphatic carbocycles. The van der Waals surface area contributed by atoms with Gasteiger partial charge in [0.15, 0.2) is 0 Å². The van der Waals surface area contributed by atoms with Crippen LogP contribution in [-0.2, 0) is 16.0 Å². The van der Waals surface area contributed by atoms with Gasteiger partial charge in [-0.3, -0.25) is 4.79 Å². The first-order valence-electron chi connectivity index (χ1n) is 8.70. The average Bonchev–Trinajstić information content (AvgIpc) is 3.15. The number of carbonyl (C=O) groups is 1. The van der Waals surface area contributed by atoms with Crippen LogP contribution in [0.25, 0.3) is 6.08 Å². The van der Waals surface area contributed by atoms with E-state index in [1.807, 2.05) is 4.90 Å². The van der Waals surface area contributed by atoms with Crippen LogP contribution in [0.3, 0.4) is 0 Å². The maximum atomic E-state index is 12.4. The van der Waals surface area contributed by atoms with Gasteiger partial charge in [0.1, 0.15) is 0 Å². The number of aromatic nitrogens is 2. The number of nitrogens with one attached hydrogen (secondary N) is 1. The summed E-state index contributed by atoms with van der Waals surface area (Å²) < 4.78 is 5.71. The van der Waals surface area contributed by atoms with Crippen molar-refractivity contribution < 1.29 is 9.53 Å². The van der Waals surface area contributed by atoms with E-state index in [4.69, 9.17) is 4.74 Å². The Balaban J connectivity index is 1.61. The number of ether oxygens (including phenoxy) is 1. The third kappa shape index (κ3) is 4.37. The lowest BCUT2D eigenvalue weighted by atomic mass is 9.86. The molecule has 1 N–H and O–H groups in total. The van der Waals surface area contributed by atoms with Gasteiger partial charge in [-0.2, -0.15) is 0 Å². The first-order valence-corrected chi connectivity index (χ1v) is 8.70. The van der Waals surface area contributed by atoms with Crippen molar-refractivity contribution in [3.8, 4) is 0 Å². The Bertz CT molecular complexity index is 724. The van der Waals surface area contributed by atoms with Crippen molar-refractivity contribution >= 4 is 12.0 Å². The van der Waals surface area contributed by atoms with E-state index in [0.717, 1.165) is 25.1 Å². The molecular weight excluding hydrogens is 314 g/mol. The van der Waals surface area contributed by atoms with Crippen LogP contribution in [-0.4, -0.2) is 47.1 Å². The fourth-order valence-electron chi connectivity index (χ4n) is 3.41. The summed E-state index contributed by atoms with van der Waals surface area (Å²) in [7, 11) is 1.74. The number of rotatable bonds is 5. The van der Waals surface area contributed by atoms with Crippen LogP contribution in [0.5, 0.6) is 0 Å². The Kier molecular flexibility index (Phi) is 5.66. The first kappa shape index (κ1) is 17.4. The summed E-state index contributed by atoms with van der Waals surface area (Å²) in [6.07, 6.45) is 8.67. The summed E-state index contributed by atoms with van der Waals surface area (Å²) >= 11 is 0. The summed E-state index contributed by atoms with van der Waals surface area (Å²) in [5.74, 6) is 0.456. The van der Waals surface area contributed by atoms with Crippen LogP contribution < -0.4 is 0 Å². The molecular formula is C20H25N3O2. The second-order valence-corrected chi connectivity index (χ2v) is 6.58. The lowest BCUT2D eigenvalue weighted by Crippen LogP contribution is -2.47. The molecule has 2 aromatic rings. The van der Waals surface area contributed by atoms with Crippen molar-refractivity contribution in [1.82, 2.24) is 14.9 Å². The lowest BCUT2D eigenvalue weighted by Gasteiger charge is -2.37. The maximum Gasteiger partial charge on any atom is 0.246 e. The van der Waals surface area contributed by atoms with Crippen molar-refractivity contribution in [3.63, 3.8) is 0 Å². The smallest absolute Gasteiger partial charge is 0.246 e. The van der Waals surface area contributed by atoms with E-state index >= 15 is 0 Å². The molecule has 1 fully saturated rings. The zero-order valence-corrected chi connectivity index (χ0v) is 14.8. The number of H-pyrrole nitrogens is 1.